The first kappa shape index (κ1) is 12.2. The summed E-state index contributed by atoms with van der Waals surface area (Å²) < 4.78 is 3.01. The van der Waals surface area contributed by atoms with Crippen molar-refractivity contribution in [1.29, 1.82) is 0 Å². The zero-order valence-electron chi connectivity index (χ0n) is 9.36. The predicted octanol–water partition coefficient (Wildman–Crippen LogP) is 4.47. The van der Waals surface area contributed by atoms with Gasteiger partial charge in [-0.25, -0.2) is 0 Å². The minimum atomic E-state index is 0.193. The monoisotopic (exact) mass is 413 g/mol. The molecular weight excluding hydrogens is 405 g/mol. The van der Waals surface area contributed by atoms with Gasteiger partial charge in [0, 0.05) is 4.47 Å². The maximum atomic E-state index is 12.1. The van der Waals surface area contributed by atoms with Gasteiger partial charge < -0.3 is 3.11 Å². The second-order valence-electron chi connectivity index (χ2n) is 4.15. The lowest BCUT2D eigenvalue weighted by molar-refractivity contribution is 0.101. The van der Waals surface area contributed by atoms with E-state index in [1.807, 2.05) is 45.6 Å². The number of rotatable bonds is 1. The number of fused-ring (bicyclic) bond motifs is 1. The van der Waals surface area contributed by atoms with Gasteiger partial charge in [0.25, 0.3) is 0 Å². The Labute approximate surface area is 128 Å². The highest BCUT2D eigenvalue weighted by Gasteiger charge is 2.27. The molecule has 2 nitrogen and oxygen atoms in total. The van der Waals surface area contributed by atoms with Gasteiger partial charge in [0.15, 0.2) is 5.78 Å². The number of anilines is 1. The quantitative estimate of drug-likeness (QED) is 0.507. The van der Waals surface area contributed by atoms with Crippen molar-refractivity contribution in [3.63, 3.8) is 0 Å². The van der Waals surface area contributed by atoms with E-state index in [0.29, 0.717) is 6.54 Å². The molecular formula is C14H9BrINO. The number of Topliss-reactive ketones (excluding diaryl/α,β-unsaturated/α-hetero) is 1. The summed E-state index contributed by atoms with van der Waals surface area (Å²) in [6.07, 6.45) is 0. The molecule has 0 bridgehead atoms. The van der Waals surface area contributed by atoms with E-state index in [0.717, 1.165) is 26.9 Å². The van der Waals surface area contributed by atoms with Crippen molar-refractivity contribution in [1.82, 2.24) is 0 Å². The molecule has 3 rings (SSSR count). The third-order valence-corrected chi connectivity index (χ3v) is 4.41. The van der Waals surface area contributed by atoms with E-state index in [4.69, 9.17) is 0 Å². The first-order valence-corrected chi connectivity index (χ1v) is 7.28. The lowest BCUT2D eigenvalue weighted by Gasteiger charge is -2.10. The molecule has 0 saturated carbocycles. The Kier molecular flexibility index (Phi) is 3.15. The fourth-order valence-electron chi connectivity index (χ4n) is 2.20. The van der Waals surface area contributed by atoms with Gasteiger partial charge in [0.1, 0.15) is 0 Å². The minimum absolute atomic E-state index is 0.193. The normalized spacial score (nSPS) is 13.9. The lowest BCUT2D eigenvalue weighted by Crippen LogP contribution is -2.08. The molecule has 0 saturated heterocycles. The van der Waals surface area contributed by atoms with Crippen molar-refractivity contribution in [2.45, 2.75) is 0 Å². The van der Waals surface area contributed by atoms with Crippen molar-refractivity contribution in [3.8, 4) is 11.1 Å². The fraction of sp³-hybridized carbons (Fsp3) is 0.0714. The highest BCUT2D eigenvalue weighted by atomic mass is 127. The van der Waals surface area contributed by atoms with Crippen molar-refractivity contribution in [2.75, 3.05) is 9.66 Å². The van der Waals surface area contributed by atoms with E-state index in [1.54, 1.807) is 0 Å². The zero-order valence-corrected chi connectivity index (χ0v) is 13.1. The average molecular weight is 414 g/mol. The zero-order chi connectivity index (χ0) is 12.7. The van der Waals surface area contributed by atoms with Gasteiger partial charge in [-0.15, -0.1) is 0 Å². The fourth-order valence-corrected chi connectivity index (χ4v) is 3.17. The molecule has 1 heterocycles. The summed E-state index contributed by atoms with van der Waals surface area (Å²) in [4.78, 5) is 12.1. The highest BCUT2D eigenvalue weighted by Crippen LogP contribution is 2.37. The Hall–Kier alpha value is -0.880. The molecule has 0 amide bonds. The van der Waals surface area contributed by atoms with Crippen LogP contribution >= 0.6 is 38.8 Å². The molecule has 2 aromatic rings. The molecule has 0 spiro atoms. The van der Waals surface area contributed by atoms with Crippen molar-refractivity contribution >= 4 is 50.3 Å². The van der Waals surface area contributed by atoms with Crippen LogP contribution in [0.4, 0.5) is 5.69 Å². The van der Waals surface area contributed by atoms with Gasteiger partial charge in [-0.05, 0) is 29.3 Å². The second kappa shape index (κ2) is 4.66. The number of nitrogens with zero attached hydrogens (tertiary/aromatic N) is 1. The Morgan fingerprint density at radius 3 is 2.56 bits per heavy atom. The summed E-state index contributed by atoms with van der Waals surface area (Å²) in [7, 11) is 0. The van der Waals surface area contributed by atoms with Crippen LogP contribution in [0.15, 0.2) is 46.9 Å². The Balaban J connectivity index is 2.20. The summed E-state index contributed by atoms with van der Waals surface area (Å²) in [5.74, 6) is 0.193. The number of hydrogen-bond acceptors (Lipinski definition) is 2. The van der Waals surface area contributed by atoms with Crippen LogP contribution in [0.25, 0.3) is 11.1 Å². The van der Waals surface area contributed by atoms with Crippen LogP contribution in [-0.4, -0.2) is 12.3 Å². The second-order valence-corrected chi connectivity index (χ2v) is 6.23. The first-order chi connectivity index (χ1) is 8.66. The van der Waals surface area contributed by atoms with E-state index in [9.17, 15) is 4.79 Å². The predicted molar refractivity (Wildman–Crippen MR) is 85.3 cm³/mol. The van der Waals surface area contributed by atoms with Gasteiger partial charge in [0.05, 0.1) is 40.7 Å². The third kappa shape index (κ3) is 1.97. The molecule has 0 aliphatic carbocycles. The maximum Gasteiger partial charge on any atom is 0.185 e. The molecule has 0 unspecified atom stereocenters. The van der Waals surface area contributed by atoms with Gasteiger partial charge in [-0.3, -0.25) is 4.79 Å². The van der Waals surface area contributed by atoms with Crippen LogP contribution in [0.2, 0.25) is 0 Å². The number of carbonyl (C=O) groups excluding carboxylic acids is 1. The number of halogens is 2. The number of hydrogen-bond donors (Lipinski definition) is 0. The standard InChI is InChI=1S/C14H9BrINO/c15-10-6-4-9(5-7-10)11-2-1-3-12-14(11)13(18)8-17(12)16/h1-7H,8H2. The van der Waals surface area contributed by atoms with Gasteiger partial charge >= 0.3 is 0 Å². The van der Waals surface area contributed by atoms with Crippen molar-refractivity contribution in [3.05, 3.63) is 52.5 Å². The topological polar surface area (TPSA) is 20.3 Å². The number of ketones is 1. The molecule has 0 fully saturated rings. The maximum absolute atomic E-state index is 12.1. The first-order valence-electron chi connectivity index (χ1n) is 5.52. The van der Waals surface area contributed by atoms with Crippen LogP contribution in [-0.2, 0) is 0 Å². The van der Waals surface area contributed by atoms with Crippen LogP contribution in [0, 0.1) is 0 Å². The van der Waals surface area contributed by atoms with Gasteiger partial charge in [-0.1, -0.05) is 40.2 Å². The number of benzene rings is 2. The van der Waals surface area contributed by atoms with Gasteiger partial charge in [0.2, 0.25) is 0 Å². The molecule has 1 aliphatic heterocycles. The largest absolute Gasteiger partial charge is 0.306 e. The van der Waals surface area contributed by atoms with E-state index in [2.05, 4.69) is 38.8 Å². The molecule has 0 atom stereocenters. The molecule has 90 valence electrons. The molecule has 0 N–H and O–H groups in total. The molecule has 0 radical (unpaired) electrons. The smallest absolute Gasteiger partial charge is 0.185 e. The summed E-state index contributed by atoms with van der Waals surface area (Å²) >= 11 is 5.61. The summed E-state index contributed by atoms with van der Waals surface area (Å²) in [5.41, 5.74) is 3.95. The highest BCUT2D eigenvalue weighted by molar-refractivity contribution is 14.1. The van der Waals surface area contributed by atoms with Crippen molar-refractivity contribution < 1.29 is 4.79 Å². The Morgan fingerprint density at radius 1 is 1.11 bits per heavy atom. The molecule has 2 aromatic carbocycles. The molecule has 1 aliphatic rings. The van der Waals surface area contributed by atoms with Crippen molar-refractivity contribution in [2.24, 2.45) is 0 Å². The molecule has 18 heavy (non-hydrogen) atoms. The summed E-state index contributed by atoms with van der Waals surface area (Å²) in [6, 6.07) is 14.1. The molecule has 0 aromatic heterocycles. The number of carbonyl (C=O) groups is 1. The molecule has 4 heteroatoms. The third-order valence-electron chi connectivity index (χ3n) is 3.02. The lowest BCUT2D eigenvalue weighted by atomic mass is 9.97. The van der Waals surface area contributed by atoms with Gasteiger partial charge in [-0.2, -0.15) is 0 Å². The summed E-state index contributed by atoms with van der Waals surface area (Å²) in [5, 5.41) is 0. The average Bonchev–Trinajstić information content (AvgIpc) is 2.66. The van der Waals surface area contributed by atoms with Crippen LogP contribution < -0.4 is 3.11 Å². The Bertz CT molecular complexity index is 624. The van der Waals surface area contributed by atoms with E-state index in [-0.39, 0.29) is 5.78 Å². The van der Waals surface area contributed by atoms with Crippen LogP contribution in [0.1, 0.15) is 10.4 Å². The van der Waals surface area contributed by atoms with Crippen LogP contribution in [0.5, 0.6) is 0 Å². The van der Waals surface area contributed by atoms with E-state index >= 15 is 0 Å². The Morgan fingerprint density at radius 2 is 1.83 bits per heavy atom. The summed E-state index contributed by atoms with van der Waals surface area (Å²) in [6.45, 7) is 0.462. The van der Waals surface area contributed by atoms with E-state index in [1.165, 1.54) is 0 Å². The van der Waals surface area contributed by atoms with E-state index < -0.39 is 0 Å². The SMILES string of the molecule is O=C1CN(I)c2cccc(-c3ccc(Br)cc3)c21. The minimum Gasteiger partial charge on any atom is -0.306 e. The van der Waals surface area contributed by atoms with Crippen LogP contribution in [0.3, 0.4) is 0 Å².